The Morgan fingerprint density at radius 1 is 0.252 bits per heavy atom. The third-order valence-corrected chi connectivity index (χ3v) is 26.4. The van der Waals surface area contributed by atoms with Gasteiger partial charge in [-0.2, -0.15) is 0 Å². The van der Waals surface area contributed by atoms with E-state index in [4.69, 9.17) is 0 Å². The van der Waals surface area contributed by atoms with Crippen molar-refractivity contribution < 1.29 is 0 Å². The first kappa shape index (κ1) is 76.1. The first-order valence-electron chi connectivity index (χ1n) is 42.1. The second-order valence-electron chi connectivity index (χ2n) is 43.1. The van der Waals surface area contributed by atoms with Crippen LogP contribution in [0, 0.1) is 17.8 Å². The summed E-state index contributed by atoms with van der Waals surface area (Å²) < 4.78 is 0. The molecule has 568 valence electrons. The Morgan fingerprint density at radius 2 is 0.523 bits per heavy atom. The molecule has 11 aromatic rings. The lowest BCUT2D eigenvalue weighted by Crippen LogP contribution is -2.61. The minimum Gasteiger partial charge on any atom is -0.310 e. The van der Waals surface area contributed by atoms with Crippen LogP contribution in [0.25, 0.3) is 66.8 Å². The van der Waals surface area contributed by atoms with E-state index in [0.717, 1.165) is 17.8 Å². The zero-order valence-corrected chi connectivity index (χ0v) is 71.7. The van der Waals surface area contributed by atoms with Crippen LogP contribution in [0.15, 0.2) is 218 Å². The first-order chi connectivity index (χ1) is 52.0. The molecule has 3 heteroatoms. The van der Waals surface area contributed by atoms with Crippen molar-refractivity contribution in [2.24, 2.45) is 17.8 Å². The number of hydrogen-bond acceptors (Lipinski definition) is 2. The third-order valence-electron chi connectivity index (χ3n) is 26.4. The summed E-state index contributed by atoms with van der Waals surface area (Å²) in [5.41, 5.74) is 37.6. The van der Waals surface area contributed by atoms with Crippen LogP contribution in [0.2, 0.25) is 0 Å². The molecule has 0 N–H and O–H groups in total. The molecule has 2 heterocycles. The van der Waals surface area contributed by atoms with Crippen LogP contribution in [0.5, 0.6) is 0 Å². The fourth-order valence-electron chi connectivity index (χ4n) is 20.1. The average Bonchev–Trinajstić information content (AvgIpc) is 0.681. The Morgan fingerprint density at radius 3 is 0.793 bits per heavy atom. The summed E-state index contributed by atoms with van der Waals surface area (Å²) >= 11 is 0. The fourth-order valence-corrected chi connectivity index (χ4v) is 20.1. The van der Waals surface area contributed by atoms with Crippen LogP contribution in [0.1, 0.15) is 255 Å². The predicted molar refractivity (Wildman–Crippen MR) is 483 cm³/mol. The van der Waals surface area contributed by atoms with Gasteiger partial charge >= 0.3 is 0 Å². The average molecular weight is 1460 g/mol. The maximum absolute atomic E-state index is 2.88. The second kappa shape index (κ2) is 26.6. The molecule has 0 unspecified atom stereocenters. The molecule has 0 radical (unpaired) electrons. The van der Waals surface area contributed by atoms with E-state index in [2.05, 4.69) is 394 Å². The molecule has 2 aliphatic heterocycles. The van der Waals surface area contributed by atoms with Gasteiger partial charge in [0.1, 0.15) is 0 Å². The van der Waals surface area contributed by atoms with Crippen molar-refractivity contribution in [2.75, 3.05) is 9.80 Å². The SMILES string of the molecule is CC(C)(C)c1ccc(-c2ccc3c(c2)B2c4cc(-c5ccc(C(C)(C)C)cc5)ccc4N(c4c(-c5cccc(C(C)(C)C)c5)cc(C(C)(C)C)cc4-c4cccc(C(C)(C)C)c4)c4cc(C56CC7CC(CC(C7)C5)C6)cc(c42)N3c2c(-c3cccc(C(C)(C)C)c3)cc(C(C)(C)C)cc2-c2cccc(C(C)(C)C)c2)cc1. The minimum atomic E-state index is -0.205. The van der Waals surface area contributed by atoms with Crippen LogP contribution in [0.3, 0.4) is 0 Å². The van der Waals surface area contributed by atoms with Crippen LogP contribution in [-0.4, -0.2) is 6.71 Å². The van der Waals surface area contributed by atoms with Crippen LogP contribution in [0.4, 0.5) is 34.1 Å². The van der Waals surface area contributed by atoms with E-state index in [0.29, 0.717) is 0 Å². The van der Waals surface area contributed by atoms with Gasteiger partial charge in [0.25, 0.3) is 6.71 Å². The number of hydrogen-bond donors (Lipinski definition) is 0. The summed E-state index contributed by atoms with van der Waals surface area (Å²) in [6.07, 6.45) is 7.78. The van der Waals surface area contributed by atoms with Crippen LogP contribution in [-0.2, 0) is 48.7 Å². The highest BCUT2D eigenvalue weighted by atomic mass is 15.2. The zero-order chi connectivity index (χ0) is 79.0. The zero-order valence-electron chi connectivity index (χ0n) is 71.7. The molecule has 2 nitrogen and oxygen atoms in total. The van der Waals surface area contributed by atoms with E-state index in [1.54, 1.807) is 0 Å². The number of fused-ring (bicyclic) bond motifs is 4. The van der Waals surface area contributed by atoms with Gasteiger partial charge < -0.3 is 9.80 Å². The van der Waals surface area contributed by atoms with E-state index < -0.39 is 0 Å². The molecule has 17 rings (SSSR count). The smallest absolute Gasteiger partial charge is 0.252 e. The molecule has 4 fully saturated rings. The van der Waals surface area contributed by atoms with E-state index in [9.17, 15) is 0 Å². The number of rotatable bonds is 9. The van der Waals surface area contributed by atoms with Crippen molar-refractivity contribution in [1.29, 1.82) is 0 Å². The Hall–Kier alpha value is -8.92. The van der Waals surface area contributed by atoms with Crippen molar-refractivity contribution in [3.05, 3.63) is 268 Å². The predicted octanol–water partition coefficient (Wildman–Crippen LogP) is 28.6. The molecule has 0 amide bonds. The highest BCUT2D eigenvalue weighted by molar-refractivity contribution is 7.00. The van der Waals surface area contributed by atoms with Crippen molar-refractivity contribution in [3.8, 4) is 66.8 Å². The lowest BCUT2D eigenvalue weighted by atomic mass is 9.33. The maximum atomic E-state index is 2.88. The Labute approximate surface area is 669 Å². The molecule has 0 spiro atoms. The fraction of sp³-hybridized carbons (Fsp3) is 0.389. The molecular formula is C108H123BN2. The molecule has 4 aliphatic carbocycles. The lowest BCUT2D eigenvalue weighted by molar-refractivity contribution is -0.00514. The van der Waals surface area contributed by atoms with Crippen molar-refractivity contribution in [1.82, 2.24) is 0 Å². The Balaban J connectivity index is 1.13. The number of benzene rings is 11. The van der Waals surface area contributed by atoms with Gasteiger partial charge in [0, 0.05) is 45.0 Å². The number of anilines is 6. The van der Waals surface area contributed by atoms with Gasteiger partial charge in [-0.1, -0.05) is 336 Å². The van der Waals surface area contributed by atoms with Crippen molar-refractivity contribution >= 4 is 57.2 Å². The van der Waals surface area contributed by atoms with Crippen LogP contribution >= 0.6 is 0 Å². The van der Waals surface area contributed by atoms with Gasteiger partial charge in [-0.25, -0.2) is 0 Å². The normalized spacial score (nSPS) is 18.5. The summed E-state index contributed by atoms with van der Waals surface area (Å²) in [6, 6.07) is 89.3. The second-order valence-corrected chi connectivity index (χ2v) is 43.1. The quantitative estimate of drug-likeness (QED) is 0.133. The topological polar surface area (TPSA) is 6.48 Å². The molecule has 4 saturated carbocycles. The molecule has 0 aromatic heterocycles. The highest BCUT2D eigenvalue weighted by Gasteiger charge is 2.54. The van der Waals surface area contributed by atoms with E-state index in [1.165, 1.54) is 206 Å². The lowest BCUT2D eigenvalue weighted by Gasteiger charge is -2.57. The van der Waals surface area contributed by atoms with Gasteiger partial charge in [-0.05, 0) is 265 Å². The molecule has 11 aromatic carbocycles. The maximum Gasteiger partial charge on any atom is 0.252 e. The van der Waals surface area contributed by atoms with Crippen LogP contribution < -0.4 is 26.2 Å². The summed E-state index contributed by atoms with van der Waals surface area (Å²) in [6.45, 7) is 56.9. The summed E-state index contributed by atoms with van der Waals surface area (Å²) in [7, 11) is 0. The van der Waals surface area contributed by atoms with Gasteiger partial charge in [0.2, 0.25) is 0 Å². The molecule has 4 bridgehead atoms. The summed E-state index contributed by atoms with van der Waals surface area (Å²) in [5, 5.41) is 0. The highest BCUT2D eigenvalue weighted by Crippen LogP contribution is 2.63. The standard InChI is InChI=1S/C108H123BN2/c1-100(2,3)78-43-37-70(38-44-78)72-41-47-93-91(56-72)109-92-57-73(71-39-45-79(46-40-71)101(4,5)6)42-48-94(92)111(99-89(76-31-27-35-82(54-76)104(13,14)15)60-85(107(22,23)24)61-90(99)77-32-28-36-83(55-77)105(16,17)18)96-63-86(108-64-67-49-68(65-108)51-69(50-67)66-108)62-95(97(96)109)110(93)98-87(74-29-25-33-80(52-74)102(7,8)9)58-84(106(19,20)21)59-88(98)75-30-26-34-81(53-75)103(10,11)12/h25-48,52-63,67-69H,49-51,64-66H2,1-24H3. The summed E-state index contributed by atoms with van der Waals surface area (Å²) in [5.74, 6) is 2.16. The minimum absolute atomic E-state index is 0.000801. The van der Waals surface area contributed by atoms with Gasteiger partial charge in [0.15, 0.2) is 0 Å². The molecule has 0 atom stereocenters. The molecule has 6 aliphatic rings. The van der Waals surface area contributed by atoms with Crippen molar-refractivity contribution in [2.45, 2.75) is 253 Å². The van der Waals surface area contributed by atoms with Gasteiger partial charge in [-0.3, -0.25) is 0 Å². The third kappa shape index (κ3) is 14.0. The summed E-state index contributed by atoms with van der Waals surface area (Å²) in [4.78, 5) is 5.77. The Kier molecular flexibility index (Phi) is 18.2. The number of nitrogens with zero attached hydrogens (tertiary/aromatic N) is 2. The van der Waals surface area contributed by atoms with Crippen molar-refractivity contribution in [3.63, 3.8) is 0 Å². The molecule has 111 heavy (non-hydrogen) atoms. The van der Waals surface area contributed by atoms with E-state index in [1.807, 2.05) is 0 Å². The van der Waals surface area contributed by atoms with Gasteiger partial charge in [0.05, 0.1) is 11.4 Å². The molecular weight excluding hydrogens is 1340 g/mol. The first-order valence-corrected chi connectivity index (χ1v) is 42.1. The van der Waals surface area contributed by atoms with Gasteiger partial charge in [-0.15, -0.1) is 0 Å². The van der Waals surface area contributed by atoms with E-state index >= 15 is 0 Å². The monoisotopic (exact) mass is 1460 g/mol. The largest absolute Gasteiger partial charge is 0.310 e. The van der Waals surface area contributed by atoms with E-state index in [-0.39, 0.29) is 55.4 Å². The molecule has 0 saturated heterocycles. The Bertz CT molecular complexity index is 4950.